The van der Waals surface area contributed by atoms with Crippen LogP contribution in [0.15, 0.2) is 51.5 Å². The zero-order chi connectivity index (χ0) is 22.5. The Morgan fingerprint density at radius 1 is 1.30 bits per heavy atom. The predicted octanol–water partition coefficient (Wildman–Crippen LogP) is -0.637. The Balaban J connectivity index is 2.54. The molecule has 12 nitrogen and oxygen atoms in total. The maximum atomic E-state index is 13.1. The number of hydrogen-bond donors (Lipinski definition) is 4. The third-order valence-electron chi connectivity index (χ3n) is 4.13. The number of amides is 1. The lowest BCUT2D eigenvalue weighted by Gasteiger charge is -2.26. The van der Waals surface area contributed by atoms with E-state index in [1.807, 2.05) is 0 Å². The van der Waals surface area contributed by atoms with Gasteiger partial charge in [0.25, 0.3) is 15.6 Å². The van der Waals surface area contributed by atoms with E-state index in [9.17, 15) is 18.0 Å². The standard InChI is InChI=1S/C17H23N7O5S/c1-3-13(29-22-17(19)20)14(15(18)25)24-10(2)6-7-12(16(24)26)23-30(27,28)11-5-4-8-21-9-11/h4-9,13-14,23H,3H2,1-2H3,(H2,18,25)(H4,19,20,22). The summed E-state index contributed by atoms with van der Waals surface area (Å²) in [6.45, 7) is 3.24. The maximum absolute atomic E-state index is 13.1. The SMILES string of the molecule is CCC(ON=C(N)N)C(C(N)=O)n1c(C)ccc(NS(=O)(=O)c2cccnc2)c1=O. The molecule has 2 rings (SSSR count). The normalized spacial score (nSPS) is 13.1. The van der Waals surface area contributed by atoms with Crippen LogP contribution in [0.3, 0.4) is 0 Å². The van der Waals surface area contributed by atoms with Gasteiger partial charge in [0.15, 0.2) is 12.1 Å². The Hall–Kier alpha value is -3.61. The van der Waals surface area contributed by atoms with Gasteiger partial charge >= 0.3 is 0 Å². The number of carbonyl (C=O) groups is 1. The smallest absolute Gasteiger partial charge is 0.275 e. The average Bonchev–Trinajstić information content (AvgIpc) is 2.69. The maximum Gasteiger partial charge on any atom is 0.275 e. The molecule has 2 aromatic rings. The second kappa shape index (κ2) is 9.26. The molecule has 2 unspecified atom stereocenters. The molecule has 0 bridgehead atoms. The molecule has 2 atom stereocenters. The fraction of sp³-hybridized carbons (Fsp3) is 0.294. The average molecular weight is 437 g/mol. The number of guanidine groups is 1. The van der Waals surface area contributed by atoms with Gasteiger partial charge in [0.1, 0.15) is 10.6 Å². The van der Waals surface area contributed by atoms with Gasteiger partial charge in [0.05, 0.1) is 0 Å². The number of oxime groups is 1. The molecule has 162 valence electrons. The zero-order valence-electron chi connectivity index (χ0n) is 16.3. The van der Waals surface area contributed by atoms with E-state index in [2.05, 4.69) is 14.9 Å². The molecule has 2 heterocycles. The fourth-order valence-electron chi connectivity index (χ4n) is 2.74. The van der Waals surface area contributed by atoms with Gasteiger partial charge in [-0.15, -0.1) is 0 Å². The van der Waals surface area contributed by atoms with Gasteiger partial charge in [-0.05, 0) is 42.8 Å². The first-order valence-corrected chi connectivity index (χ1v) is 10.3. The summed E-state index contributed by atoms with van der Waals surface area (Å²) in [5.41, 5.74) is 15.3. The van der Waals surface area contributed by atoms with Crippen molar-refractivity contribution >= 4 is 27.6 Å². The molecule has 30 heavy (non-hydrogen) atoms. The van der Waals surface area contributed by atoms with Gasteiger partial charge in [-0.2, -0.15) is 0 Å². The molecule has 0 aliphatic rings. The highest BCUT2D eigenvalue weighted by Crippen LogP contribution is 2.21. The summed E-state index contributed by atoms with van der Waals surface area (Å²) in [4.78, 5) is 34.1. The highest BCUT2D eigenvalue weighted by molar-refractivity contribution is 7.92. The number of hydrogen-bond acceptors (Lipinski definition) is 7. The lowest BCUT2D eigenvalue weighted by Crippen LogP contribution is -2.43. The second-order valence-corrected chi connectivity index (χ2v) is 7.96. The molecule has 7 N–H and O–H groups in total. The van der Waals surface area contributed by atoms with Crippen LogP contribution in [-0.2, 0) is 19.7 Å². The number of rotatable bonds is 9. The number of pyridine rings is 2. The van der Waals surface area contributed by atoms with Crippen molar-refractivity contribution in [1.29, 1.82) is 0 Å². The van der Waals surface area contributed by atoms with E-state index >= 15 is 0 Å². The monoisotopic (exact) mass is 437 g/mol. The summed E-state index contributed by atoms with van der Waals surface area (Å²) < 4.78 is 28.4. The number of sulfonamides is 1. The van der Waals surface area contributed by atoms with Gasteiger partial charge in [-0.1, -0.05) is 6.92 Å². The lowest BCUT2D eigenvalue weighted by atomic mass is 10.1. The number of anilines is 1. The molecule has 0 aliphatic heterocycles. The molecular formula is C17H23N7O5S. The van der Waals surface area contributed by atoms with Crippen LogP contribution in [0.25, 0.3) is 0 Å². The number of aromatic nitrogens is 2. The minimum Gasteiger partial charge on any atom is -0.387 e. The van der Waals surface area contributed by atoms with Crippen molar-refractivity contribution in [3.8, 4) is 0 Å². The quantitative estimate of drug-likeness (QED) is 0.225. The number of aryl methyl sites for hydroxylation is 1. The third kappa shape index (κ3) is 5.05. The Morgan fingerprint density at radius 3 is 2.53 bits per heavy atom. The minimum absolute atomic E-state index is 0.134. The summed E-state index contributed by atoms with van der Waals surface area (Å²) in [5.74, 6) is -1.26. The first kappa shape index (κ1) is 22.7. The van der Waals surface area contributed by atoms with E-state index in [0.717, 1.165) is 10.8 Å². The van der Waals surface area contributed by atoms with Gasteiger partial charge in [0.2, 0.25) is 11.9 Å². The molecule has 0 spiro atoms. The van der Waals surface area contributed by atoms with Crippen LogP contribution in [0.5, 0.6) is 0 Å². The molecule has 0 aliphatic carbocycles. The van der Waals surface area contributed by atoms with Crippen LogP contribution in [-0.4, -0.2) is 35.9 Å². The highest BCUT2D eigenvalue weighted by Gasteiger charge is 2.32. The van der Waals surface area contributed by atoms with Crippen molar-refractivity contribution < 1.29 is 18.0 Å². The summed E-state index contributed by atoms with van der Waals surface area (Å²) >= 11 is 0. The molecular weight excluding hydrogens is 414 g/mol. The van der Waals surface area contributed by atoms with Crippen LogP contribution in [0.4, 0.5) is 5.69 Å². The van der Waals surface area contributed by atoms with Crippen molar-refractivity contribution in [1.82, 2.24) is 9.55 Å². The summed E-state index contributed by atoms with van der Waals surface area (Å²) in [5, 5.41) is 3.44. The Labute approximate surface area is 172 Å². The molecule has 2 aromatic heterocycles. The van der Waals surface area contributed by atoms with Crippen molar-refractivity contribution in [3.05, 3.63) is 52.7 Å². The van der Waals surface area contributed by atoms with E-state index < -0.39 is 33.6 Å². The highest BCUT2D eigenvalue weighted by atomic mass is 32.2. The molecule has 0 fully saturated rings. The van der Waals surface area contributed by atoms with Gasteiger partial charge in [-0.25, -0.2) is 8.42 Å². The van der Waals surface area contributed by atoms with E-state index in [-0.39, 0.29) is 23.0 Å². The summed E-state index contributed by atoms with van der Waals surface area (Å²) in [6, 6.07) is 4.22. The molecule has 0 aromatic carbocycles. The van der Waals surface area contributed by atoms with Crippen LogP contribution in [0.1, 0.15) is 25.1 Å². The van der Waals surface area contributed by atoms with Crippen LogP contribution in [0, 0.1) is 6.92 Å². The molecule has 0 radical (unpaired) electrons. The van der Waals surface area contributed by atoms with Crippen molar-refractivity contribution in [2.45, 2.75) is 37.3 Å². The van der Waals surface area contributed by atoms with Gasteiger partial charge in [0, 0.05) is 18.1 Å². The van der Waals surface area contributed by atoms with Crippen molar-refractivity contribution in [3.63, 3.8) is 0 Å². The number of nitrogens with one attached hydrogen (secondary N) is 1. The summed E-state index contributed by atoms with van der Waals surface area (Å²) in [7, 11) is -4.09. The summed E-state index contributed by atoms with van der Waals surface area (Å²) in [6.07, 6.45) is 1.79. The first-order valence-electron chi connectivity index (χ1n) is 8.77. The van der Waals surface area contributed by atoms with E-state index in [1.54, 1.807) is 13.8 Å². The Kier molecular flexibility index (Phi) is 7.00. The van der Waals surface area contributed by atoms with Crippen LogP contribution in [0.2, 0.25) is 0 Å². The number of carbonyl (C=O) groups excluding carboxylic acids is 1. The Bertz CT molecular complexity index is 1100. The predicted molar refractivity (Wildman–Crippen MR) is 110 cm³/mol. The van der Waals surface area contributed by atoms with Crippen LogP contribution >= 0.6 is 0 Å². The van der Waals surface area contributed by atoms with Crippen molar-refractivity contribution in [2.75, 3.05) is 4.72 Å². The third-order valence-corrected chi connectivity index (χ3v) is 5.48. The number of nitrogens with zero attached hydrogens (tertiary/aromatic N) is 3. The van der Waals surface area contributed by atoms with Crippen molar-refractivity contribution in [2.24, 2.45) is 22.4 Å². The molecule has 13 heteroatoms. The largest absolute Gasteiger partial charge is 0.387 e. The van der Waals surface area contributed by atoms with Crippen LogP contribution < -0.4 is 27.5 Å². The lowest BCUT2D eigenvalue weighted by molar-refractivity contribution is -0.126. The van der Waals surface area contributed by atoms with Gasteiger partial charge in [-0.3, -0.25) is 23.9 Å². The topological polar surface area (TPSA) is 198 Å². The molecule has 0 saturated carbocycles. The van der Waals surface area contributed by atoms with E-state index in [4.69, 9.17) is 22.0 Å². The number of nitrogens with two attached hydrogens (primary N) is 3. The van der Waals surface area contributed by atoms with E-state index in [1.165, 1.54) is 30.5 Å². The zero-order valence-corrected chi connectivity index (χ0v) is 17.2. The first-order chi connectivity index (χ1) is 14.1. The minimum atomic E-state index is -4.09. The Morgan fingerprint density at radius 2 is 2.00 bits per heavy atom. The molecule has 1 amide bonds. The van der Waals surface area contributed by atoms with Gasteiger partial charge < -0.3 is 22.0 Å². The second-order valence-electron chi connectivity index (χ2n) is 6.27. The molecule has 0 saturated heterocycles. The fourth-order valence-corrected chi connectivity index (χ4v) is 3.76. The van der Waals surface area contributed by atoms with E-state index in [0.29, 0.717) is 5.69 Å². The number of primary amides is 1.